The van der Waals surface area contributed by atoms with E-state index < -0.39 is 0 Å². The van der Waals surface area contributed by atoms with E-state index in [0.29, 0.717) is 11.7 Å². The number of allylic oxidation sites excluding steroid dienone is 1. The number of nitrogens with one attached hydrogen (secondary N) is 1. The van der Waals surface area contributed by atoms with Gasteiger partial charge < -0.3 is 5.32 Å². The van der Waals surface area contributed by atoms with Crippen molar-refractivity contribution in [3.8, 4) is 0 Å². The maximum atomic E-state index is 13.1. The van der Waals surface area contributed by atoms with E-state index in [1.807, 2.05) is 30.3 Å². The van der Waals surface area contributed by atoms with Crippen LogP contribution in [0.2, 0.25) is 0 Å². The summed E-state index contributed by atoms with van der Waals surface area (Å²) in [5, 5.41) is 4.18. The van der Waals surface area contributed by atoms with Crippen LogP contribution in [0.5, 0.6) is 0 Å². The van der Waals surface area contributed by atoms with Crippen LogP contribution in [0.3, 0.4) is 0 Å². The van der Waals surface area contributed by atoms with E-state index in [1.165, 1.54) is 22.2 Å². The third-order valence-corrected chi connectivity index (χ3v) is 6.65. The number of aromatic nitrogens is 2. The first kappa shape index (κ1) is 18.0. The largest absolute Gasteiger partial charge is 0.325 e. The zero-order valence-corrected chi connectivity index (χ0v) is 16.4. The molecule has 2 aromatic heterocycles. The maximum Gasteiger partial charge on any atom is 0.263 e. The van der Waals surface area contributed by atoms with Gasteiger partial charge in [-0.1, -0.05) is 36.0 Å². The molecular weight excluding hydrogens is 378 g/mol. The molecule has 4 rings (SSSR count). The fourth-order valence-electron chi connectivity index (χ4n) is 3.31. The number of aryl methyl sites for hydroxylation is 2. The summed E-state index contributed by atoms with van der Waals surface area (Å²) in [6.07, 6.45) is 4.77. The van der Waals surface area contributed by atoms with Crippen LogP contribution >= 0.6 is 23.1 Å². The number of para-hydroxylation sites is 1. The fraction of sp³-hybridized carbons (Fsp3) is 0.250. The standard InChI is InChI=1S/C20H19N3O2S2/c1-2-11-23-19(25)17-14-9-6-10-15(14)27-18(17)22-20(23)26-12-16(24)21-13-7-4-3-5-8-13/h2-5,7-8H,1,6,9-12H2,(H,21,24). The van der Waals surface area contributed by atoms with Crippen molar-refractivity contribution in [2.75, 3.05) is 11.1 Å². The molecule has 0 saturated carbocycles. The Bertz CT molecular complexity index is 1070. The molecule has 0 fully saturated rings. The normalized spacial score (nSPS) is 12.9. The Kier molecular flexibility index (Phi) is 5.13. The van der Waals surface area contributed by atoms with E-state index in [1.54, 1.807) is 22.0 Å². The first-order chi connectivity index (χ1) is 13.2. The molecule has 5 nitrogen and oxygen atoms in total. The maximum absolute atomic E-state index is 13.1. The molecule has 0 atom stereocenters. The van der Waals surface area contributed by atoms with Crippen LogP contribution in [0, 0.1) is 0 Å². The molecule has 0 aliphatic heterocycles. The molecule has 27 heavy (non-hydrogen) atoms. The summed E-state index contributed by atoms with van der Waals surface area (Å²) in [4.78, 5) is 32.1. The van der Waals surface area contributed by atoms with Crippen LogP contribution in [-0.4, -0.2) is 21.2 Å². The molecule has 138 valence electrons. The number of anilines is 1. The SMILES string of the molecule is C=CCn1c(SCC(=O)Nc2ccccc2)nc2sc3c(c2c1=O)CCC3. The number of thiophene rings is 1. The molecule has 1 aromatic carbocycles. The van der Waals surface area contributed by atoms with Crippen molar-refractivity contribution in [2.24, 2.45) is 0 Å². The highest BCUT2D eigenvalue weighted by Crippen LogP contribution is 2.35. The summed E-state index contributed by atoms with van der Waals surface area (Å²) in [6, 6.07) is 9.32. The molecule has 0 bridgehead atoms. The third-order valence-electron chi connectivity index (χ3n) is 4.49. The Morgan fingerprint density at radius 3 is 2.93 bits per heavy atom. The van der Waals surface area contributed by atoms with Crippen molar-refractivity contribution in [1.29, 1.82) is 0 Å². The number of hydrogen-bond acceptors (Lipinski definition) is 5. The second-order valence-corrected chi connectivity index (χ2v) is 8.37. The summed E-state index contributed by atoms with van der Waals surface area (Å²) in [6.45, 7) is 4.14. The van der Waals surface area contributed by atoms with Crippen LogP contribution in [-0.2, 0) is 24.2 Å². The highest BCUT2D eigenvalue weighted by molar-refractivity contribution is 7.99. The predicted octanol–water partition coefficient (Wildman–Crippen LogP) is 3.86. The topological polar surface area (TPSA) is 64.0 Å². The quantitative estimate of drug-likeness (QED) is 0.390. The second kappa shape index (κ2) is 7.70. The Morgan fingerprint density at radius 2 is 2.15 bits per heavy atom. The van der Waals surface area contributed by atoms with Crippen LogP contribution in [0.1, 0.15) is 16.9 Å². The molecular formula is C20H19N3O2S2. The number of nitrogens with zero attached hydrogens (tertiary/aromatic N) is 2. The van der Waals surface area contributed by atoms with Gasteiger partial charge >= 0.3 is 0 Å². The number of rotatable bonds is 6. The van der Waals surface area contributed by atoms with Crippen LogP contribution in [0.15, 0.2) is 52.9 Å². The van der Waals surface area contributed by atoms with Crippen molar-refractivity contribution in [1.82, 2.24) is 9.55 Å². The minimum atomic E-state index is -0.126. The van der Waals surface area contributed by atoms with Gasteiger partial charge in [-0.25, -0.2) is 4.98 Å². The van der Waals surface area contributed by atoms with E-state index in [0.717, 1.165) is 35.2 Å². The molecule has 0 saturated heterocycles. The highest BCUT2D eigenvalue weighted by atomic mass is 32.2. The van der Waals surface area contributed by atoms with Gasteiger partial charge in [0, 0.05) is 17.1 Å². The summed E-state index contributed by atoms with van der Waals surface area (Å²) in [5.74, 6) is 0.0640. The van der Waals surface area contributed by atoms with Gasteiger partial charge in [-0.05, 0) is 37.0 Å². The molecule has 1 aliphatic carbocycles. The average molecular weight is 398 g/mol. The van der Waals surface area contributed by atoms with E-state index in [-0.39, 0.29) is 17.2 Å². The lowest BCUT2D eigenvalue weighted by molar-refractivity contribution is -0.113. The minimum absolute atomic E-state index is 0.0229. The summed E-state index contributed by atoms with van der Waals surface area (Å²) >= 11 is 2.90. The molecule has 0 radical (unpaired) electrons. The molecule has 2 heterocycles. The zero-order chi connectivity index (χ0) is 18.8. The molecule has 1 aliphatic rings. The number of amides is 1. The smallest absolute Gasteiger partial charge is 0.263 e. The van der Waals surface area contributed by atoms with E-state index >= 15 is 0 Å². The summed E-state index contributed by atoms with van der Waals surface area (Å²) < 4.78 is 1.63. The van der Waals surface area contributed by atoms with Crippen LogP contribution < -0.4 is 10.9 Å². The Balaban J connectivity index is 1.61. The van der Waals surface area contributed by atoms with Gasteiger partial charge in [0.25, 0.3) is 5.56 Å². The van der Waals surface area contributed by atoms with E-state index in [9.17, 15) is 9.59 Å². The van der Waals surface area contributed by atoms with Crippen molar-refractivity contribution >= 4 is 44.9 Å². The first-order valence-corrected chi connectivity index (χ1v) is 10.6. The lowest BCUT2D eigenvalue weighted by atomic mass is 10.2. The Labute approximate surface area is 165 Å². The lowest BCUT2D eigenvalue weighted by Gasteiger charge is -2.10. The molecule has 3 aromatic rings. The Morgan fingerprint density at radius 1 is 1.33 bits per heavy atom. The summed E-state index contributed by atoms with van der Waals surface area (Å²) in [5.41, 5.74) is 1.90. The van der Waals surface area contributed by atoms with Gasteiger partial charge in [0.05, 0.1) is 11.1 Å². The second-order valence-electron chi connectivity index (χ2n) is 6.34. The number of carbonyl (C=O) groups excluding carboxylic acids is 1. The number of benzene rings is 1. The van der Waals surface area contributed by atoms with Crippen molar-refractivity contribution in [3.63, 3.8) is 0 Å². The van der Waals surface area contributed by atoms with E-state index in [2.05, 4.69) is 11.9 Å². The number of hydrogen-bond donors (Lipinski definition) is 1. The number of fused-ring (bicyclic) bond motifs is 3. The molecule has 1 N–H and O–H groups in total. The summed E-state index contributed by atoms with van der Waals surface area (Å²) in [7, 11) is 0. The number of carbonyl (C=O) groups is 1. The van der Waals surface area contributed by atoms with E-state index in [4.69, 9.17) is 4.98 Å². The molecule has 7 heteroatoms. The molecule has 0 spiro atoms. The van der Waals surface area contributed by atoms with Crippen LogP contribution in [0.25, 0.3) is 10.2 Å². The predicted molar refractivity (Wildman–Crippen MR) is 112 cm³/mol. The fourth-order valence-corrected chi connectivity index (χ4v) is 5.42. The molecule has 0 unspecified atom stereocenters. The van der Waals surface area contributed by atoms with Gasteiger partial charge in [0.1, 0.15) is 4.83 Å². The molecule has 1 amide bonds. The van der Waals surface area contributed by atoms with Crippen molar-refractivity contribution < 1.29 is 4.79 Å². The zero-order valence-electron chi connectivity index (χ0n) is 14.7. The van der Waals surface area contributed by atoms with Gasteiger partial charge in [0.2, 0.25) is 5.91 Å². The van der Waals surface area contributed by atoms with Gasteiger partial charge in [-0.3, -0.25) is 14.2 Å². The van der Waals surface area contributed by atoms with Crippen molar-refractivity contribution in [2.45, 2.75) is 31.0 Å². The monoisotopic (exact) mass is 397 g/mol. The van der Waals surface area contributed by atoms with Gasteiger partial charge in [-0.2, -0.15) is 0 Å². The first-order valence-electron chi connectivity index (χ1n) is 8.81. The van der Waals surface area contributed by atoms with Gasteiger partial charge in [0.15, 0.2) is 5.16 Å². The van der Waals surface area contributed by atoms with Crippen LogP contribution in [0.4, 0.5) is 5.69 Å². The third kappa shape index (κ3) is 3.57. The highest BCUT2D eigenvalue weighted by Gasteiger charge is 2.23. The average Bonchev–Trinajstić information content (AvgIpc) is 3.24. The number of thioether (sulfide) groups is 1. The lowest BCUT2D eigenvalue weighted by Crippen LogP contribution is -2.23. The van der Waals surface area contributed by atoms with Gasteiger partial charge in [-0.15, -0.1) is 17.9 Å². The van der Waals surface area contributed by atoms with Crippen molar-refractivity contribution in [3.05, 3.63) is 63.8 Å². The minimum Gasteiger partial charge on any atom is -0.325 e. The Hall–Kier alpha value is -2.38.